The molecule has 20 heavy (non-hydrogen) atoms. The van der Waals surface area contributed by atoms with Crippen molar-refractivity contribution in [3.8, 4) is 0 Å². The number of rotatable bonds is 9. The zero-order valence-electron chi connectivity index (χ0n) is 11.6. The van der Waals surface area contributed by atoms with E-state index in [2.05, 4.69) is 20.7 Å². The molecule has 0 saturated carbocycles. The fourth-order valence-electron chi connectivity index (χ4n) is 1.59. The predicted octanol–water partition coefficient (Wildman–Crippen LogP) is 2.00. The molecule has 0 heterocycles. The van der Waals surface area contributed by atoms with Gasteiger partial charge in [-0.05, 0) is 46.5 Å². The lowest BCUT2D eigenvalue weighted by Gasteiger charge is -2.10. The molecule has 1 rings (SSSR count). The van der Waals surface area contributed by atoms with Crippen molar-refractivity contribution in [1.29, 1.82) is 0 Å². The first-order valence-electron chi connectivity index (χ1n) is 6.57. The van der Waals surface area contributed by atoms with Crippen molar-refractivity contribution >= 4 is 26.0 Å². The highest BCUT2D eigenvalue weighted by atomic mass is 79.9. The molecule has 1 aromatic rings. The Labute approximate surface area is 129 Å². The average Bonchev–Trinajstić information content (AvgIpc) is 2.43. The van der Waals surface area contributed by atoms with Crippen LogP contribution in [0.4, 0.5) is 0 Å². The van der Waals surface area contributed by atoms with Gasteiger partial charge in [-0.1, -0.05) is 13.0 Å². The molecule has 0 unspecified atom stereocenters. The molecule has 0 spiro atoms. The van der Waals surface area contributed by atoms with Crippen molar-refractivity contribution in [2.24, 2.45) is 5.73 Å². The quantitative estimate of drug-likeness (QED) is 0.656. The van der Waals surface area contributed by atoms with Gasteiger partial charge < -0.3 is 10.5 Å². The first-order valence-corrected chi connectivity index (χ1v) is 8.84. The molecule has 114 valence electrons. The monoisotopic (exact) mass is 364 g/mol. The molecular formula is C13H21BrN2O3S. The van der Waals surface area contributed by atoms with Crippen LogP contribution in [0.5, 0.6) is 0 Å². The van der Waals surface area contributed by atoms with E-state index in [0.717, 1.165) is 12.0 Å². The van der Waals surface area contributed by atoms with Gasteiger partial charge in [-0.3, -0.25) is 0 Å². The molecule has 0 radical (unpaired) electrons. The van der Waals surface area contributed by atoms with E-state index in [9.17, 15) is 8.42 Å². The Bertz CT molecular complexity index is 520. The zero-order chi connectivity index (χ0) is 15.0. The van der Waals surface area contributed by atoms with Crippen molar-refractivity contribution < 1.29 is 13.2 Å². The van der Waals surface area contributed by atoms with Gasteiger partial charge in [0.25, 0.3) is 0 Å². The summed E-state index contributed by atoms with van der Waals surface area (Å²) in [6.07, 6.45) is 1.61. The van der Waals surface area contributed by atoms with Crippen LogP contribution >= 0.6 is 15.9 Å². The number of sulfonamides is 1. The van der Waals surface area contributed by atoms with Crippen LogP contribution in [0, 0.1) is 0 Å². The second-order valence-corrected chi connectivity index (χ2v) is 6.92. The third kappa shape index (κ3) is 5.49. The van der Waals surface area contributed by atoms with Crippen molar-refractivity contribution in [3.63, 3.8) is 0 Å². The minimum Gasteiger partial charge on any atom is -0.381 e. The normalized spacial score (nSPS) is 11.8. The average molecular weight is 365 g/mol. The molecule has 0 aliphatic carbocycles. The van der Waals surface area contributed by atoms with E-state index in [-0.39, 0.29) is 4.90 Å². The Morgan fingerprint density at radius 2 is 2.10 bits per heavy atom. The number of halogens is 1. The molecule has 0 aromatic heterocycles. The minimum absolute atomic E-state index is 0.218. The number of benzene rings is 1. The molecule has 0 saturated heterocycles. The summed E-state index contributed by atoms with van der Waals surface area (Å²) in [5, 5.41) is 0. The Balaban J connectivity index is 2.60. The van der Waals surface area contributed by atoms with Gasteiger partial charge >= 0.3 is 0 Å². The smallest absolute Gasteiger partial charge is 0.241 e. The summed E-state index contributed by atoms with van der Waals surface area (Å²) >= 11 is 3.25. The van der Waals surface area contributed by atoms with Crippen LogP contribution in [-0.4, -0.2) is 28.2 Å². The van der Waals surface area contributed by atoms with Gasteiger partial charge in [-0.2, -0.15) is 0 Å². The lowest BCUT2D eigenvalue weighted by atomic mass is 10.2. The van der Waals surface area contributed by atoms with E-state index in [4.69, 9.17) is 10.5 Å². The number of ether oxygens (including phenoxy) is 1. The maximum Gasteiger partial charge on any atom is 0.241 e. The van der Waals surface area contributed by atoms with E-state index >= 15 is 0 Å². The first kappa shape index (κ1) is 17.6. The Morgan fingerprint density at radius 1 is 1.35 bits per heavy atom. The summed E-state index contributed by atoms with van der Waals surface area (Å²) in [5.74, 6) is 0. The van der Waals surface area contributed by atoms with Gasteiger partial charge in [0.05, 0.1) is 4.90 Å². The van der Waals surface area contributed by atoms with Crippen LogP contribution in [0.2, 0.25) is 0 Å². The summed E-state index contributed by atoms with van der Waals surface area (Å²) in [5.41, 5.74) is 6.31. The standard InChI is InChI=1S/C13H21BrN2O3S/c1-2-7-19-8-3-6-16-20(17,18)13-9-11(10-15)4-5-12(13)14/h4-5,9,16H,2-3,6-8,10,15H2,1H3. The minimum atomic E-state index is -3.52. The molecule has 0 fully saturated rings. The third-order valence-corrected chi connectivity index (χ3v) is 5.08. The molecule has 5 nitrogen and oxygen atoms in total. The molecule has 0 aliphatic rings. The SMILES string of the molecule is CCCOCCCNS(=O)(=O)c1cc(CN)ccc1Br. The van der Waals surface area contributed by atoms with Crippen molar-refractivity contribution in [3.05, 3.63) is 28.2 Å². The van der Waals surface area contributed by atoms with Crippen LogP contribution in [0.15, 0.2) is 27.6 Å². The van der Waals surface area contributed by atoms with Gasteiger partial charge in [0, 0.05) is 30.8 Å². The van der Waals surface area contributed by atoms with Gasteiger partial charge in [0.2, 0.25) is 10.0 Å². The fourth-order valence-corrected chi connectivity index (χ4v) is 3.67. The topological polar surface area (TPSA) is 81.4 Å². The van der Waals surface area contributed by atoms with Crippen molar-refractivity contribution in [1.82, 2.24) is 4.72 Å². The Hall–Kier alpha value is -0.470. The summed E-state index contributed by atoms with van der Waals surface area (Å²) in [7, 11) is -3.52. The number of nitrogens with two attached hydrogens (primary N) is 1. The highest BCUT2D eigenvalue weighted by Gasteiger charge is 2.17. The summed E-state index contributed by atoms with van der Waals surface area (Å²) < 4.78 is 32.8. The number of hydrogen-bond donors (Lipinski definition) is 2. The van der Waals surface area contributed by atoms with E-state index in [1.54, 1.807) is 18.2 Å². The van der Waals surface area contributed by atoms with E-state index in [1.807, 2.05) is 6.92 Å². The Kier molecular flexibility index (Phi) is 7.68. The molecule has 0 bridgehead atoms. The summed E-state index contributed by atoms with van der Waals surface area (Å²) in [6, 6.07) is 5.07. The predicted molar refractivity (Wildman–Crippen MR) is 82.9 cm³/mol. The molecule has 0 amide bonds. The number of hydrogen-bond acceptors (Lipinski definition) is 4. The second-order valence-electron chi connectivity index (χ2n) is 4.33. The first-order chi connectivity index (χ1) is 9.51. The molecular weight excluding hydrogens is 344 g/mol. The highest BCUT2D eigenvalue weighted by Crippen LogP contribution is 2.22. The molecule has 7 heteroatoms. The highest BCUT2D eigenvalue weighted by molar-refractivity contribution is 9.10. The maximum absolute atomic E-state index is 12.2. The van der Waals surface area contributed by atoms with Crippen LogP contribution in [0.3, 0.4) is 0 Å². The molecule has 0 aliphatic heterocycles. The van der Waals surface area contributed by atoms with Crippen LogP contribution in [-0.2, 0) is 21.3 Å². The summed E-state index contributed by atoms with van der Waals surface area (Å²) in [4.78, 5) is 0.218. The van der Waals surface area contributed by atoms with Gasteiger partial charge in [-0.25, -0.2) is 13.1 Å². The van der Waals surface area contributed by atoms with Crippen LogP contribution in [0.1, 0.15) is 25.3 Å². The largest absolute Gasteiger partial charge is 0.381 e. The van der Waals surface area contributed by atoms with Crippen molar-refractivity contribution in [2.45, 2.75) is 31.2 Å². The van der Waals surface area contributed by atoms with E-state index in [1.165, 1.54) is 0 Å². The maximum atomic E-state index is 12.2. The van der Waals surface area contributed by atoms with Crippen LogP contribution < -0.4 is 10.5 Å². The van der Waals surface area contributed by atoms with Crippen LogP contribution in [0.25, 0.3) is 0 Å². The van der Waals surface area contributed by atoms with E-state index in [0.29, 0.717) is 37.2 Å². The lowest BCUT2D eigenvalue weighted by molar-refractivity contribution is 0.133. The van der Waals surface area contributed by atoms with Gasteiger partial charge in [-0.15, -0.1) is 0 Å². The zero-order valence-corrected chi connectivity index (χ0v) is 14.0. The lowest BCUT2D eigenvalue weighted by Crippen LogP contribution is -2.26. The molecule has 1 aromatic carbocycles. The Morgan fingerprint density at radius 3 is 2.75 bits per heavy atom. The third-order valence-electron chi connectivity index (χ3n) is 2.63. The second kappa shape index (κ2) is 8.74. The van der Waals surface area contributed by atoms with Gasteiger partial charge in [0.1, 0.15) is 0 Å². The number of nitrogens with one attached hydrogen (secondary N) is 1. The van der Waals surface area contributed by atoms with Gasteiger partial charge in [0.15, 0.2) is 0 Å². The van der Waals surface area contributed by atoms with Crippen molar-refractivity contribution in [2.75, 3.05) is 19.8 Å². The molecule has 0 atom stereocenters. The fraction of sp³-hybridized carbons (Fsp3) is 0.538. The van der Waals surface area contributed by atoms with E-state index < -0.39 is 10.0 Å². The molecule has 3 N–H and O–H groups in total. The summed E-state index contributed by atoms with van der Waals surface area (Å²) in [6.45, 7) is 3.95.